The Labute approximate surface area is 114 Å². The third-order valence-corrected chi connectivity index (χ3v) is 4.70. The summed E-state index contributed by atoms with van der Waals surface area (Å²) >= 11 is 0. The first-order valence-electron chi connectivity index (χ1n) is 6.40. The number of nitriles is 1. The topological polar surface area (TPSA) is 73.2 Å². The number of hydrogen-bond acceptors (Lipinski definition) is 3. The average Bonchev–Trinajstić information content (AvgIpc) is 2.68. The van der Waals surface area contributed by atoms with Crippen molar-refractivity contribution in [3.05, 3.63) is 29.8 Å². The van der Waals surface area contributed by atoms with E-state index in [0.717, 1.165) is 25.7 Å². The van der Waals surface area contributed by atoms with Crippen LogP contribution in [0.3, 0.4) is 0 Å². The van der Waals surface area contributed by atoms with Crippen LogP contribution in [-0.2, 0) is 10.2 Å². The maximum atomic E-state index is 12.2. The van der Waals surface area contributed by atoms with Crippen LogP contribution in [0.5, 0.6) is 0 Å². The molecule has 1 saturated heterocycles. The second-order valence-electron chi connectivity index (χ2n) is 4.61. The number of nitrogens with zero attached hydrogens (tertiary/aromatic N) is 2. The molecule has 0 atom stereocenters. The van der Waals surface area contributed by atoms with Gasteiger partial charge in [0.1, 0.15) is 0 Å². The van der Waals surface area contributed by atoms with E-state index in [9.17, 15) is 8.42 Å². The Morgan fingerprint density at radius 3 is 2.16 bits per heavy atom. The highest BCUT2D eigenvalue weighted by Crippen LogP contribution is 2.16. The molecular formula is C13H17N3O2S. The molecule has 0 radical (unpaired) electrons. The third-order valence-electron chi connectivity index (χ3n) is 3.17. The summed E-state index contributed by atoms with van der Waals surface area (Å²) in [6.45, 7) is 1.15. The molecule has 1 aromatic rings. The zero-order valence-corrected chi connectivity index (χ0v) is 11.5. The van der Waals surface area contributed by atoms with Gasteiger partial charge in [0, 0.05) is 18.8 Å². The van der Waals surface area contributed by atoms with Crippen LogP contribution in [0.2, 0.25) is 0 Å². The molecule has 1 fully saturated rings. The fraction of sp³-hybridized carbons (Fsp3) is 0.462. The highest BCUT2D eigenvalue weighted by molar-refractivity contribution is 7.90. The second-order valence-corrected chi connectivity index (χ2v) is 6.28. The average molecular weight is 279 g/mol. The molecule has 0 aliphatic carbocycles. The first-order chi connectivity index (χ1) is 9.12. The minimum Gasteiger partial charge on any atom is -0.271 e. The quantitative estimate of drug-likeness (QED) is 0.920. The minimum atomic E-state index is -3.48. The van der Waals surface area contributed by atoms with Crippen molar-refractivity contribution in [1.82, 2.24) is 4.31 Å². The Morgan fingerprint density at radius 2 is 1.63 bits per heavy atom. The van der Waals surface area contributed by atoms with Crippen LogP contribution in [0.1, 0.15) is 31.2 Å². The first kappa shape index (κ1) is 13.8. The number of rotatable bonds is 3. The van der Waals surface area contributed by atoms with Crippen molar-refractivity contribution < 1.29 is 8.42 Å². The molecule has 2 rings (SSSR count). The summed E-state index contributed by atoms with van der Waals surface area (Å²) in [6.07, 6.45) is 3.99. The van der Waals surface area contributed by atoms with Gasteiger partial charge in [-0.15, -0.1) is 0 Å². The van der Waals surface area contributed by atoms with Crippen molar-refractivity contribution in [2.24, 2.45) is 0 Å². The maximum absolute atomic E-state index is 12.2. The molecule has 1 aliphatic rings. The fourth-order valence-corrected chi connectivity index (χ4v) is 3.41. The molecule has 1 aromatic carbocycles. The van der Waals surface area contributed by atoms with Crippen LogP contribution in [0.25, 0.3) is 0 Å². The fourth-order valence-electron chi connectivity index (χ4n) is 2.11. The van der Waals surface area contributed by atoms with E-state index in [-0.39, 0.29) is 0 Å². The van der Waals surface area contributed by atoms with Crippen LogP contribution < -0.4 is 4.72 Å². The van der Waals surface area contributed by atoms with Crippen LogP contribution in [-0.4, -0.2) is 25.8 Å². The molecule has 19 heavy (non-hydrogen) atoms. The molecule has 0 aromatic heterocycles. The van der Waals surface area contributed by atoms with Gasteiger partial charge in [-0.3, -0.25) is 4.72 Å². The summed E-state index contributed by atoms with van der Waals surface area (Å²) in [5, 5.41) is 8.70. The van der Waals surface area contributed by atoms with Crippen molar-refractivity contribution in [2.75, 3.05) is 17.8 Å². The van der Waals surface area contributed by atoms with Gasteiger partial charge in [0.15, 0.2) is 0 Å². The summed E-state index contributed by atoms with van der Waals surface area (Å²) in [6, 6.07) is 8.41. The normalized spacial score (nSPS) is 17.4. The largest absolute Gasteiger partial charge is 0.301 e. The van der Waals surface area contributed by atoms with E-state index >= 15 is 0 Å². The number of hydrogen-bond donors (Lipinski definition) is 1. The monoisotopic (exact) mass is 279 g/mol. The van der Waals surface area contributed by atoms with E-state index < -0.39 is 10.2 Å². The lowest BCUT2D eigenvalue weighted by Crippen LogP contribution is -2.36. The maximum Gasteiger partial charge on any atom is 0.301 e. The summed E-state index contributed by atoms with van der Waals surface area (Å²) < 4.78 is 28.5. The second kappa shape index (κ2) is 6.04. The van der Waals surface area contributed by atoms with E-state index in [1.165, 1.54) is 4.31 Å². The molecule has 0 spiro atoms. The molecule has 6 heteroatoms. The van der Waals surface area contributed by atoms with Gasteiger partial charge in [-0.2, -0.15) is 18.0 Å². The van der Waals surface area contributed by atoms with Gasteiger partial charge >= 0.3 is 10.2 Å². The summed E-state index contributed by atoms with van der Waals surface area (Å²) in [7, 11) is -3.48. The Kier molecular flexibility index (Phi) is 4.40. The molecule has 5 nitrogen and oxygen atoms in total. The summed E-state index contributed by atoms with van der Waals surface area (Å²) in [4.78, 5) is 0. The van der Waals surface area contributed by atoms with Gasteiger partial charge in [0.2, 0.25) is 0 Å². The molecule has 0 amide bonds. The molecule has 0 bridgehead atoms. The Morgan fingerprint density at radius 1 is 1.05 bits per heavy atom. The van der Waals surface area contributed by atoms with Crippen LogP contribution >= 0.6 is 0 Å². The molecule has 102 valence electrons. The molecule has 0 saturated carbocycles. The number of benzene rings is 1. The van der Waals surface area contributed by atoms with Gasteiger partial charge < -0.3 is 0 Å². The van der Waals surface area contributed by atoms with Gasteiger partial charge in [-0.05, 0) is 37.1 Å². The highest BCUT2D eigenvalue weighted by atomic mass is 32.2. The van der Waals surface area contributed by atoms with Crippen LogP contribution in [0, 0.1) is 11.3 Å². The highest BCUT2D eigenvalue weighted by Gasteiger charge is 2.22. The van der Waals surface area contributed by atoms with Crippen molar-refractivity contribution in [3.8, 4) is 6.07 Å². The Hall–Kier alpha value is -1.58. The van der Waals surface area contributed by atoms with Gasteiger partial charge in [0.05, 0.1) is 11.6 Å². The zero-order chi connectivity index (χ0) is 13.7. The van der Waals surface area contributed by atoms with E-state index in [1.54, 1.807) is 24.3 Å². The van der Waals surface area contributed by atoms with Crippen molar-refractivity contribution >= 4 is 15.9 Å². The van der Waals surface area contributed by atoms with Gasteiger partial charge in [-0.25, -0.2) is 0 Å². The molecule has 0 unspecified atom stereocenters. The van der Waals surface area contributed by atoms with Gasteiger partial charge in [-0.1, -0.05) is 12.8 Å². The summed E-state index contributed by atoms with van der Waals surface area (Å²) in [5.41, 5.74) is 1.00. The van der Waals surface area contributed by atoms with E-state index in [0.29, 0.717) is 24.3 Å². The predicted octanol–water partition coefficient (Wildman–Crippen LogP) is 2.09. The standard InChI is InChI=1S/C13H17N3O2S/c14-11-12-5-7-13(8-6-12)15-19(17,18)16-9-3-1-2-4-10-16/h5-8,15H,1-4,9-10H2. The SMILES string of the molecule is N#Cc1ccc(NS(=O)(=O)N2CCCCCC2)cc1. The molecule has 1 aliphatic heterocycles. The smallest absolute Gasteiger partial charge is 0.271 e. The van der Waals surface area contributed by atoms with E-state index in [1.807, 2.05) is 6.07 Å². The first-order valence-corrected chi connectivity index (χ1v) is 7.84. The zero-order valence-electron chi connectivity index (χ0n) is 10.7. The molecule has 1 N–H and O–H groups in total. The summed E-state index contributed by atoms with van der Waals surface area (Å²) in [5.74, 6) is 0. The molecular weight excluding hydrogens is 262 g/mol. The lowest BCUT2D eigenvalue weighted by Gasteiger charge is -2.20. The van der Waals surface area contributed by atoms with Crippen molar-refractivity contribution in [1.29, 1.82) is 5.26 Å². The Bertz CT molecular complexity index is 553. The van der Waals surface area contributed by atoms with Gasteiger partial charge in [0.25, 0.3) is 0 Å². The van der Waals surface area contributed by atoms with Crippen molar-refractivity contribution in [3.63, 3.8) is 0 Å². The number of nitrogens with one attached hydrogen (secondary N) is 1. The third kappa shape index (κ3) is 3.69. The van der Waals surface area contributed by atoms with Crippen molar-refractivity contribution in [2.45, 2.75) is 25.7 Å². The number of anilines is 1. The predicted molar refractivity (Wildman–Crippen MR) is 73.7 cm³/mol. The lowest BCUT2D eigenvalue weighted by molar-refractivity contribution is 0.427. The minimum absolute atomic E-state index is 0.489. The molecule has 1 heterocycles. The van der Waals surface area contributed by atoms with E-state index in [4.69, 9.17) is 5.26 Å². The van der Waals surface area contributed by atoms with Crippen LogP contribution in [0.4, 0.5) is 5.69 Å². The lowest BCUT2D eigenvalue weighted by atomic mass is 10.2. The Balaban J connectivity index is 2.09. The van der Waals surface area contributed by atoms with E-state index in [2.05, 4.69) is 4.72 Å². The van der Waals surface area contributed by atoms with Crippen LogP contribution in [0.15, 0.2) is 24.3 Å².